The van der Waals surface area contributed by atoms with Crippen molar-refractivity contribution in [3.8, 4) is 5.75 Å². The Balaban J connectivity index is 1.71. The first-order chi connectivity index (χ1) is 14.0. The molecule has 0 bridgehead atoms. The molecule has 3 nitrogen and oxygen atoms in total. The molecule has 29 heavy (non-hydrogen) atoms. The van der Waals surface area contributed by atoms with Crippen molar-refractivity contribution in [3.05, 3.63) is 94.0 Å². The SMILES string of the molecule is COc1ccc(C(=O)N[C@@H](C)c2ccc(Cl)cc2)cc1CSc1ccc(C)cc1. The van der Waals surface area contributed by atoms with Gasteiger partial charge in [0.25, 0.3) is 5.91 Å². The quantitative estimate of drug-likeness (QED) is 0.442. The average Bonchev–Trinajstić information content (AvgIpc) is 2.73. The molecule has 0 heterocycles. The fourth-order valence-electron chi connectivity index (χ4n) is 2.94. The van der Waals surface area contributed by atoms with Crippen LogP contribution in [0, 0.1) is 6.92 Å². The Bertz CT molecular complexity index is 971. The number of hydrogen-bond donors (Lipinski definition) is 1. The summed E-state index contributed by atoms with van der Waals surface area (Å²) in [6.45, 7) is 4.03. The maximum absolute atomic E-state index is 12.8. The molecule has 0 aromatic heterocycles. The molecular weight excluding hydrogens is 402 g/mol. The van der Waals surface area contributed by atoms with Crippen molar-refractivity contribution in [2.45, 2.75) is 30.5 Å². The topological polar surface area (TPSA) is 38.3 Å². The van der Waals surface area contributed by atoms with Gasteiger partial charge in [-0.25, -0.2) is 0 Å². The predicted octanol–water partition coefficient (Wildman–Crippen LogP) is 6.44. The summed E-state index contributed by atoms with van der Waals surface area (Å²) in [6, 6.07) is 21.3. The molecule has 0 spiro atoms. The van der Waals surface area contributed by atoms with Gasteiger partial charge in [0.05, 0.1) is 13.2 Å². The number of amides is 1. The fraction of sp³-hybridized carbons (Fsp3) is 0.208. The lowest BCUT2D eigenvalue weighted by molar-refractivity contribution is 0.0939. The van der Waals surface area contributed by atoms with E-state index in [-0.39, 0.29) is 11.9 Å². The van der Waals surface area contributed by atoms with Gasteiger partial charge in [-0.1, -0.05) is 41.4 Å². The van der Waals surface area contributed by atoms with Crippen molar-refractivity contribution < 1.29 is 9.53 Å². The summed E-state index contributed by atoms with van der Waals surface area (Å²) in [5.74, 6) is 1.39. The number of nitrogens with one attached hydrogen (secondary N) is 1. The first-order valence-electron chi connectivity index (χ1n) is 9.39. The van der Waals surface area contributed by atoms with E-state index >= 15 is 0 Å². The zero-order valence-electron chi connectivity index (χ0n) is 16.7. The van der Waals surface area contributed by atoms with E-state index in [4.69, 9.17) is 16.3 Å². The molecule has 0 aliphatic rings. The highest BCUT2D eigenvalue weighted by Gasteiger charge is 2.14. The Hall–Kier alpha value is -2.43. The minimum atomic E-state index is -0.118. The Morgan fingerprint density at radius 2 is 1.76 bits per heavy atom. The number of thioether (sulfide) groups is 1. The summed E-state index contributed by atoms with van der Waals surface area (Å²) in [7, 11) is 1.65. The van der Waals surface area contributed by atoms with Gasteiger partial charge in [-0.05, 0) is 61.9 Å². The summed E-state index contributed by atoms with van der Waals surface area (Å²) < 4.78 is 5.49. The number of methoxy groups -OCH3 is 1. The highest BCUT2D eigenvalue weighted by atomic mass is 35.5. The molecule has 0 aliphatic heterocycles. The van der Waals surface area contributed by atoms with Gasteiger partial charge in [0.15, 0.2) is 0 Å². The van der Waals surface area contributed by atoms with Crippen LogP contribution < -0.4 is 10.1 Å². The number of carbonyl (C=O) groups excluding carboxylic acids is 1. The van der Waals surface area contributed by atoms with Crippen LogP contribution in [0.5, 0.6) is 5.75 Å². The van der Waals surface area contributed by atoms with E-state index in [0.29, 0.717) is 10.6 Å². The van der Waals surface area contributed by atoms with Crippen LogP contribution in [-0.2, 0) is 5.75 Å². The van der Waals surface area contributed by atoms with Crippen molar-refractivity contribution in [2.24, 2.45) is 0 Å². The molecule has 1 amide bonds. The molecule has 1 atom stereocenters. The second-order valence-electron chi connectivity index (χ2n) is 6.88. The lowest BCUT2D eigenvalue weighted by Gasteiger charge is -2.16. The van der Waals surface area contributed by atoms with E-state index in [9.17, 15) is 4.79 Å². The van der Waals surface area contributed by atoms with Crippen LogP contribution in [0.2, 0.25) is 5.02 Å². The molecule has 3 rings (SSSR count). The summed E-state index contributed by atoms with van der Waals surface area (Å²) in [5, 5.41) is 3.73. The number of rotatable bonds is 7. The summed E-state index contributed by atoms with van der Waals surface area (Å²) in [4.78, 5) is 14.0. The molecule has 1 N–H and O–H groups in total. The maximum Gasteiger partial charge on any atom is 0.251 e. The number of hydrogen-bond acceptors (Lipinski definition) is 3. The molecule has 3 aromatic carbocycles. The highest BCUT2D eigenvalue weighted by molar-refractivity contribution is 7.98. The molecule has 0 saturated carbocycles. The van der Waals surface area contributed by atoms with Crippen molar-refractivity contribution in [1.82, 2.24) is 5.32 Å². The third-order valence-corrected chi connectivity index (χ3v) is 5.99. The number of benzene rings is 3. The van der Waals surface area contributed by atoms with Gasteiger partial charge >= 0.3 is 0 Å². The first kappa shape index (κ1) is 21.3. The molecule has 150 valence electrons. The van der Waals surface area contributed by atoms with Gasteiger partial charge in [-0.2, -0.15) is 0 Å². The standard InChI is InChI=1S/C24H24ClNO2S/c1-16-4-11-22(12-5-16)29-15-20-14-19(8-13-23(20)28-3)24(27)26-17(2)18-6-9-21(25)10-7-18/h4-14,17H,15H2,1-3H3,(H,26,27)/t17-/m0/s1. The van der Waals surface area contributed by atoms with Crippen LogP contribution in [-0.4, -0.2) is 13.0 Å². The second kappa shape index (κ2) is 9.86. The number of carbonyl (C=O) groups is 1. The molecule has 0 saturated heterocycles. The van der Waals surface area contributed by atoms with Crippen LogP contribution in [0.4, 0.5) is 0 Å². The normalized spacial score (nSPS) is 11.7. The second-order valence-corrected chi connectivity index (χ2v) is 8.36. The average molecular weight is 426 g/mol. The van der Waals surface area contributed by atoms with Gasteiger partial charge < -0.3 is 10.1 Å². The summed E-state index contributed by atoms with van der Waals surface area (Å²) in [5.41, 5.74) is 3.85. The zero-order chi connectivity index (χ0) is 20.8. The molecular formula is C24H24ClNO2S. The predicted molar refractivity (Wildman–Crippen MR) is 121 cm³/mol. The minimum Gasteiger partial charge on any atom is -0.496 e. The van der Waals surface area contributed by atoms with Gasteiger partial charge in [-0.3, -0.25) is 4.79 Å². The molecule has 0 unspecified atom stereocenters. The monoisotopic (exact) mass is 425 g/mol. The van der Waals surface area contributed by atoms with Gasteiger partial charge in [0.1, 0.15) is 5.75 Å². The number of aryl methyl sites for hydroxylation is 1. The highest BCUT2D eigenvalue weighted by Crippen LogP contribution is 2.29. The molecule has 0 fully saturated rings. The largest absolute Gasteiger partial charge is 0.496 e. The van der Waals surface area contributed by atoms with Crippen LogP contribution in [0.3, 0.4) is 0 Å². The van der Waals surface area contributed by atoms with Gasteiger partial charge in [0.2, 0.25) is 0 Å². The molecule has 0 radical (unpaired) electrons. The lowest BCUT2D eigenvalue weighted by Crippen LogP contribution is -2.26. The third-order valence-electron chi connectivity index (χ3n) is 4.68. The van der Waals surface area contributed by atoms with Crippen LogP contribution in [0.15, 0.2) is 71.6 Å². The maximum atomic E-state index is 12.8. The van der Waals surface area contributed by atoms with E-state index in [1.165, 1.54) is 10.5 Å². The van der Waals surface area contributed by atoms with Crippen LogP contribution in [0.25, 0.3) is 0 Å². The third kappa shape index (κ3) is 5.78. The lowest BCUT2D eigenvalue weighted by atomic mass is 10.1. The van der Waals surface area contributed by atoms with Crippen molar-refractivity contribution in [3.63, 3.8) is 0 Å². The van der Waals surface area contributed by atoms with Crippen LogP contribution in [0.1, 0.15) is 40.0 Å². The van der Waals surface area contributed by atoms with E-state index in [2.05, 4.69) is 36.5 Å². The van der Waals surface area contributed by atoms with Crippen molar-refractivity contribution in [1.29, 1.82) is 0 Å². The first-order valence-corrected chi connectivity index (χ1v) is 10.8. The number of ether oxygens (including phenoxy) is 1. The Morgan fingerprint density at radius 1 is 1.07 bits per heavy atom. The van der Waals surface area contributed by atoms with E-state index in [1.807, 2.05) is 43.3 Å². The van der Waals surface area contributed by atoms with Crippen molar-refractivity contribution >= 4 is 29.3 Å². The Morgan fingerprint density at radius 3 is 2.41 bits per heavy atom. The van der Waals surface area contributed by atoms with Gasteiger partial charge in [0, 0.05) is 26.8 Å². The van der Waals surface area contributed by atoms with Crippen LogP contribution >= 0.6 is 23.4 Å². The van der Waals surface area contributed by atoms with Gasteiger partial charge in [-0.15, -0.1) is 11.8 Å². The summed E-state index contributed by atoms with van der Waals surface area (Å²) in [6.07, 6.45) is 0. The number of halogens is 1. The molecule has 0 aliphatic carbocycles. The van der Waals surface area contributed by atoms with E-state index in [0.717, 1.165) is 22.6 Å². The van der Waals surface area contributed by atoms with E-state index in [1.54, 1.807) is 24.9 Å². The van der Waals surface area contributed by atoms with E-state index < -0.39 is 0 Å². The molecule has 5 heteroatoms. The molecule has 3 aromatic rings. The minimum absolute atomic E-state index is 0.114. The summed E-state index contributed by atoms with van der Waals surface area (Å²) >= 11 is 7.66. The Labute approximate surface area is 181 Å². The zero-order valence-corrected chi connectivity index (χ0v) is 18.3. The fourth-order valence-corrected chi connectivity index (χ4v) is 3.95. The van der Waals surface area contributed by atoms with Crippen molar-refractivity contribution in [2.75, 3.05) is 7.11 Å². The smallest absolute Gasteiger partial charge is 0.251 e. The Kier molecular flexibility index (Phi) is 7.24.